The van der Waals surface area contributed by atoms with Crippen LogP contribution in [0.3, 0.4) is 0 Å². The van der Waals surface area contributed by atoms with Crippen LogP contribution < -0.4 is 10.1 Å². The standard InChI is InChI=1S/C15H22Br2N2O/c1-19(2)15(5-4-6-15)10-18-9-11-7-12(16)8-13(17)14(11)20-3/h7-8,18H,4-6,9-10H2,1-3H3. The Morgan fingerprint density at radius 1 is 1.30 bits per heavy atom. The minimum atomic E-state index is 0.344. The summed E-state index contributed by atoms with van der Waals surface area (Å²) < 4.78 is 7.53. The Balaban J connectivity index is 2.01. The highest BCUT2D eigenvalue weighted by atomic mass is 79.9. The summed E-state index contributed by atoms with van der Waals surface area (Å²) in [4.78, 5) is 2.36. The highest BCUT2D eigenvalue weighted by Crippen LogP contribution is 2.36. The molecule has 1 aromatic carbocycles. The lowest BCUT2D eigenvalue weighted by Crippen LogP contribution is -2.56. The maximum absolute atomic E-state index is 5.48. The van der Waals surface area contributed by atoms with Crippen LogP contribution in [0.5, 0.6) is 5.75 Å². The summed E-state index contributed by atoms with van der Waals surface area (Å²) in [6, 6.07) is 4.12. The van der Waals surface area contributed by atoms with Crippen LogP contribution in [-0.2, 0) is 6.54 Å². The highest BCUT2D eigenvalue weighted by molar-refractivity contribution is 9.11. The molecule has 5 heteroatoms. The number of hydrogen-bond donors (Lipinski definition) is 1. The van der Waals surface area contributed by atoms with Crippen LogP contribution >= 0.6 is 31.9 Å². The largest absolute Gasteiger partial charge is 0.495 e. The first-order valence-corrected chi connectivity index (χ1v) is 8.47. The van der Waals surface area contributed by atoms with Gasteiger partial charge in [0.05, 0.1) is 11.6 Å². The number of nitrogens with one attached hydrogen (secondary N) is 1. The monoisotopic (exact) mass is 404 g/mol. The van der Waals surface area contributed by atoms with Crippen molar-refractivity contribution in [2.45, 2.75) is 31.3 Å². The molecule has 1 saturated carbocycles. The lowest BCUT2D eigenvalue weighted by Gasteiger charge is -2.47. The lowest BCUT2D eigenvalue weighted by molar-refractivity contribution is 0.0597. The van der Waals surface area contributed by atoms with Crippen LogP contribution in [0, 0.1) is 0 Å². The van der Waals surface area contributed by atoms with Crippen molar-refractivity contribution >= 4 is 31.9 Å². The van der Waals surface area contributed by atoms with E-state index in [1.807, 2.05) is 6.07 Å². The fraction of sp³-hybridized carbons (Fsp3) is 0.600. The first kappa shape index (κ1) is 16.3. The van der Waals surface area contributed by atoms with Gasteiger partial charge in [0.1, 0.15) is 5.75 Å². The van der Waals surface area contributed by atoms with E-state index in [4.69, 9.17) is 4.74 Å². The van der Waals surface area contributed by atoms with E-state index in [0.29, 0.717) is 5.54 Å². The minimum Gasteiger partial charge on any atom is -0.495 e. The summed E-state index contributed by atoms with van der Waals surface area (Å²) in [5, 5.41) is 3.59. The zero-order valence-electron chi connectivity index (χ0n) is 12.3. The molecule has 3 nitrogen and oxygen atoms in total. The summed E-state index contributed by atoms with van der Waals surface area (Å²) in [5.74, 6) is 0.910. The first-order chi connectivity index (χ1) is 9.48. The summed E-state index contributed by atoms with van der Waals surface area (Å²) in [7, 11) is 6.07. The quantitative estimate of drug-likeness (QED) is 0.778. The third-order valence-corrected chi connectivity index (χ3v) is 5.34. The molecule has 0 amide bonds. The molecule has 0 saturated heterocycles. The van der Waals surface area contributed by atoms with Gasteiger partial charge in [0, 0.05) is 28.7 Å². The molecule has 1 aliphatic rings. The molecule has 0 atom stereocenters. The highest BCUT2D eigenvalue weighted by Gasteiger charge is 2.38. The van der Waals surface area contributed by atoms with Gasteiger partial charge in [0.2, 0.25) is 0 Å². The molecule has 0 bridgehead atoms. The molecule has 1 aromatic rings. The molecule has 0 unspecified atom stereocenters. The number of methoxy groups -OCH3 is 1. The van der Waals surface area contributed by atoms with Gasteiger partial charge in [-0.25, -0.2) is 0 Å². The average Bonchev–Trinajstić information content (AvgIpc) is 2.31. The zero-order chi connectivity index (χ0) is 14.8. The second-order valence-electron chi connectivity index (χ2n) is 5.66. The fourth-order valence-electron chi connectivity index (χ4n) is 2.77. The van der Waals surface area contributed by atoms with Gasteiger partial charge in [-0.05, 0) is 61.4 Å². The van der Waals surface area contributed by atoms with Crippen molar-refractivity contribution in [3.05, 3.63) is 26.6 Å². The number of likely N-dealkylation sites (N-methyl/N-ethyl adjacent to an activating group) is 1. The summed E-state index contributed by atoms with van der Waals surface area (Å²) in [6.07, 6.45) is 3.91. The summed E-state index contributed by atoms with van der Waals surface area (Å²) in [6.45, 7) is 1.84. The molecule has 0 aliphatic heterocycles. The molecule has 20 heavy (non-hydrogen) atoms. The van der Waals surface area contributed by atoms with Gasteiger partial charge >= 0.3 is 0 Å². The average molecular weight is 406 g/mol. The van der Waals surface area contributed by atoms with Crippen molar-refractivity contribution in [1.29, 1.82) is 0 Å². The summed E-state index contributed by atoms with van der Waals surface area (Å²) >= 11 is 7.08. The van der Waals surface area contributed by atoms with Crippen molar-refractivity contribution in [1.82, 2.24) is 10.2 Å². The van der Waals surface area contributed by atoms with Crippen molar-refractivity contribution in [3.63, 3.8) is 0 Å². The van der Waals surface area contributed by atoms with Crippen LogP contribution in [0.1, 0.15) is 24.8 Å². The van der Waals surface area contributed by atoms with Crippen LogP contribution in [0.2, 0.25) is 0 Å². The van der Waals surface area contributed by atoms with E-state index in [1.54, 1.807) is 7.11 Å². The molecule has 0 heterocycles. The van der Waals surface area contributed by atoms with Crippen LogP contribution in [0.4, 0.5) is 0 Å². The molecule has 0 spiro atoms. The number of hydrogen-bond acceptors (Lipinski definition) is 3. The van der Waals surface area contributed by atoms with E-state index in [1.165, 1.54) is 24.8 Å². The van der Waals surface area contributed by atoms with E-state index < -0.39 is 0 Å². The molecular formula is C15H22Br2N2O. The Morgan fingerprint density at radius 3 is 2.50 bits per heavy atom. The van der Waals surface area contributed by atoms with E-state index in [0.717, 1.165) is 27.8 Å². The number of rotatable bonds is 6. The molecule has 112 valence electrons. The predicted octanol–water partition coefficient (Wildman–Crippen LogP) is 3.79. The molecule has 0 radical (unpaired) electrons. The fourth-order valence-corrected chi connectivity index (χ4v) is 4.25. The normalized spacial score (nSPS) is 17.1. The van der Waals surface area contributed by atoms with Gasteiger partial charge in [-0.1, -0.05) is 15.9 Å². The molecule has 1 aliphatic carbocycles. The predicted molar refractivity (Wildman–Crippen MR) is 90.4 cm³/mol. The van der Waals surface area contributed by atoms with Crippen molar-refractivity contribution in [2.24, 2.45) is 0 Å². The Kier molecular flexibility index (Phi) is 5.51. The Hall–Kier alpha value is -0.100. The van der Waals surface area contributed by atoms with Gasteiger partial charge in [-0.2, -0.15) is 0 Å². The maximum atomic E-state index is 5.48. The van der Waals surface area contributed by atoms with Gasteiger partial charge in [0.25, 0.3) is 0 Å². The van der Waals surface area contributed by atoms with E-state index in [2.05, 4.69) is 62.2 Å². The second kappa shape index (κ2) is 6.77. The first-order valence-electron chi connectivity index (χ1n) is 6.88. The van der Waals surface area contributed by atoms with E-state index >= 15 is 0 Å². The number of halogens is 2. The van der Waals surface area contributed by atoms with Crippen LogP contribution in [0.25, 0.3) is 0 Å². The van der Waals surface area contributed by atoms with Crippen LogP contribution in [0.15, 0.2) is 21.1 Å². The Bertz CT molecular complexity index is 473. The number of ether oxygens (including phenoxy) is 1. The number of nitrogens with zero attached hydrogens (tertiary/aromatic N) is 1. The van der Waals surface area contributed by atoms with Gasteiger partial charge < -0.3 is 15.0 Å². The van der Waals surface area contributed by atoms with Gasteiger partial charge in [-0.15, -0.1) is 0 Å². The third kappa shape index (κ3) is 3.38. The molecule has 1 N–H and O–H groups in total. The molecule has 1 fully saturated rings. The van der Waals surface area contributed by atoms with Crippen LogP contribution in [-0.4, -0.2) is 38.2 Å². The van der Waals surface area contributed by atoms with Crippen molar-refractivity contribution < 1.29 is 4.74 Å². The maximum Gasteiger partial charge on any atom is 0.137 e. The van der Waals surface area contributed by atoms with E-state index in [-0.39, 0.29) is 0 Å². The SMILES string of the molecule is COc1c(Br)cc(Br)cc1CNCC1(N(C)C)CCC1. The molecule has 0 aromatic heterocycles. The zero-order valence-corrected chi connectivity index (χ0v) is 15.5. The Morgan fingerprint density at radius 2 is 2.00 bits per heavy atom. The van der Waals surface area contributed by atoms with Gasteiger partial charge in [0.15, 0.2) is 0 Å². The molecule has 2 rings (SSSR count). The smallest absolute Gasteiger partial charge is 0.137 e. The Labute approximate surface area is 138 Å². The molecular weight excluding hydrogens is 384 g/mol. The number of benzene rings is 1. The second-order valence-corrected chi connectivity index (χ2v) is 7.43. The minimum absolute atomic E-state index is 0.344. The van der Waals surface area contributed by atoms with Crippen molar-refractivity contribution in [3.8, 4) is 5.75 Å². The van der Waals surface area contributed by atoms with E-state index in [9.17, 15) is 0 Å². The van der Waals surface area contributed by atoms with Crippen molar-refractivity contribution in [2.75, 3.05) is 27.7 Å². The summed E-state index contributed by atoms with van der Waals surface area (Å²) in [5.41, 5.74) is 1.51. The third-order valence-electron chi connectivity index (χ3n) is 4.29. The topological polar surface area (TPSA) is 24.5 Å². The van der Waals surface area contributed by atoms with Gasteiger partial charge in [-0.3, -0.25) is 0 Å². The lowest BCUT2D eigenvalue weighted by atomic mass is 9.75.